The van der Waals surface area contributed by atoms with Crippen LogP contribution < -0.4 is 5.32 Å². The first kappa shape index (κ1) is 18.7. The molecule has 0 saturated carbocycles. The van der Waals surface area contributed by atoms with E-state index in [4.69, 9.17) is 33.3 Å². The molecule has 0 bridgehead atoms. The van der Waals surface area contributed by atoms with E-state index in [0.29, 0.717) is 16.3 Å². The summed E-state index contributed by atoms with van der Waals surface area (Å²) in [6, 6.07) is 4.97. The van der Waals surface area contributed by atoms with Gasteiger partial charge in [0.2, 0.25) is 0 Å². The molecule has 1 N–H and O–H groups in total. The van der Waals surface area contributed by atoms with Gasteiger partial charge in [-0.25, -0.2) is 4.79 Å². The van der Waals surface area contributed by atoms with Crippen molar-refractivity contribution in [1.29, 1.82) is 0 Å². The van der Waals surface area contributed by atoms with Gasteiger partial charge in [-0.15, -0.1) is 0 Å². The molecule has 0 radical (unpaired) electrons. The monoisotopic (exact) mass is 343 g/mol. The average Bonchev–Trinajstić information content (AvgIpc) is 2.45. The third kappa shape index (κ3) is 5.81. The summed E-state index contributed by atoms with van der Waals surface area (Å²) in [7, 11) is 0. The Morgan fingerprint density at radius 2 is 1.91 bits per heavy atom. The van der Waals surface area contributed by atoms with E-state index < -0.39 is 5.97 Å². The van der Waals surface area contributed by atoms with E-state index in [0.717, 1.165) is 12.8 Å². The number of carbonyl (C=O) groups excluding carboxylic acids is 1. The molecule has 0 atom stereocenters. The largest absolute Gasteiger partial charge is 0.468 e. The fourth-order valence-electron chi connectivity index (χ4n) is 1.79. The second kappa shape index (κ2) is 8.96. The van der Waals surface area contributed by atoms with Crippen LogP contribution in [0.1, 0.15) is 50.9 Å². The Bertz CT molecular complexity index is 530. The van der Waals surface area contributed by atoms with Gasteiger partial charge in [-0.3, -0.25) is 0 Å². The molecular formula is C16H22ClNO3S. The average molecular weight is 344 g/mol. The van der Waals surface area contributed by atoms with Crippen molar-refractivity contribution >= 4 is 40.7 Å². The van der Waals surface area contributed by atoms with Crippen LogP contribution in [0, 0.1) is 0 Å². The molecule has 0 spiro atoms. The zero-order valence-corrected chi connectivity index (χ0v) is 14.9. The number of hydrogen-bond acceptors (Lipinski definition) is 4. The zero-order chi connectivity index (χ0) is 16.7. The topological polar surface area (TPSA) is 47.6 Å². The quantitative estimate of drug-likeness (QED) is 0.593. The highest BCUT2D eigenvalue weighted by molar-refractivity contribution is 7.80. The Balaban J connectivity index is 2.85. The minimum atomic E-state index is -0.432. The molecule has 0 aliphatic heterocycles. The number of rotatable bonds is 6. The van der Waals surface area contributed by atoms with Crippen molar-refractivity contribution in [1.82, 2.24) is 0 Å². The molecule has 1 aromatic rings. The van der Waals surface area contributed by atoms with Crippen molar-refractivity contribution in [3.8, 4) is 0 Å². The molecule has 0 amide bonds. The first-order valence-corrected chi connectivity index (χ1v) is 8.14. The highest BCUT2D eigenvalue weighted by atomic mass is 35.5. The van der Waals surface area contributed by atoms with Gasteiger partial charge in [0, 0.05) is 5.69 Å². The molecule has 122 valence electrons. The van der Waals surface area contributed by atoms with Crippen molar-refractivity contribution in [2.24, 2.45) is 0 Å². The Labute approximate surface area is 142 Å². The van der Waals surface area contributed by atoms with E-state index in [1.54, 1.807) is 18.2 Å². The van der Waals surface area contributed by atoms with Crippen molar-refractivity contribution in [3.63, 3.8) is 0 Å². The van der Waals surface area contributed by atoms with Gasteiger partial charge >= 0.3 is 5.97 Å². The van der Waals surface area contributed by atoms with E-state index in [1.165, 1.54) is 0 Å². The third-order valence-corrected chi connectivity index (χ3v) is 3.49. The molecule has 1 aromatic carbocycles. The number of hydrogen-bond donors (Lipinski definition) is 1. The molecule has 4 nitrogen and oxygen atoms in total. The zero-order valence-electron chi connectivity index (χ0n) is 13.3. The molecule has 0 aliphatic rings. The summed E-state index contributed by atoms with van der Waals surface area (Å²) < 4.78 is 10.8. The maximum atomic E-state index is 12.2. The standard InChI is InChI=1S/C16H22ClNO3S/c1-5-12(6-2)21-15(19)13-9-11(7-8-14(13)17)18-16(22)20-10(3)4/h7-10,12H,5-6H2,1-4H3,(H,18,22). The van der Waals surface area contributed by atoms with E-state index in [-0.39, 0.29) is 17.4 Å². The van der Waals surface area contributed by atoms with Crippen molar-refractivity contribution in [3.05, 3.63) is 28.8 Å². The maximum Gasteiger partial charge on any atom is 0.340 e. The second-order valence-corrected chi connectivity index (χ2v) is 5.90. The lowest BCUT2D eigenvalue weighted by atomic mass is 10.2. The van der Waals surface area contributed by atoms with Crippen LogP contribution in [0.2, 0.25) is 5.02 Å². The number of ether oxygens (including phenoxy) is 2. The Morgan fingerprint density at radius 1 is 1.27 bits per heavy atom. The van der Waals surface area contributed by atoms with Gasteiger partial charge in [-0.1, -0.05) is 25.4 Å². The van der Waals surface area contributed by atoms with Gasteiger partial charge in [0.15, 0.2) is 0 Å². The Hall–Kier alpha value is -1.33. The fraction of sp³-hybridized carbons (Fsp3) is 0.500. The predicted octanol–water partition coefficient (Wildman–Crippen LogP) is 4.81. The van der Waals surface area contributed by atoms with Crippen molar-refractivity contribution < 1.29 is 14.3 Å². The smallest absolute Gasteiger partial charge is 0.340 e. The van der Waals surface area contributed by atoms with Gasteiger partial charge in [-0.2, -0.15) is 0 Å². The first-order chi connectivity index (χ1) is 10.4. The number of carbonyl (C=O) groups is 1. The number of thiocarbonyl (C=S) groups is 1. The van der Waals surface area contributed by atoms with Gasteiger partial charge < -0.3 is 14.8 Å². The van der Waals surface area contributed by atoms with Crippen LogP contribution in [0.25, 0.3) is 0 Å². The van der Waals surface area contributed by atoms with Crippen LogP contribution in [0.3, 0.4) is 0 Å². The molecule has 6 heteroatoms. The van der Waals surface area contributed by atoms with Gasteiger partial charge in [-0.05, 0) is 57.1 Å². The van der Waals surface area contributed by atoms with Gasteiger partial charge in [0.1, 0.15) is 6.10 Å². The summed E-state index contributed by atoms with van der Waals surface area (Å²) in [6.45, 7) is 7.72. The fourth-order valence-corrected chi connectivity index (χ4v) is 2.30. The number of benzene rings is 1. The van der Waals surface area contributed by atoms with Gasteiger partial charge in [0.05, 0.1) is 16.7 Å². The summed E-state index contributed by atoms with van der Waals surface area (Å²) in [5.41, 5.74) is 0.942. The van der Waals surface area contributed by atoms with Crippen LogP contribution in [0.4, 0.5) is 5.69 Å². The van der Waals surface area contributed by atoms with Crippen molar-refractivity contribution in [2.45, 2.75) is 52.7 Å². The van der Waals surface area contributed by atoms with Crippen LogP contribution in [-0.4, -0.2) is 23.4 Å². The highest BCUT2D eigenvalue weighted by Gasteiger charge is 2.17. The summed E-state index contributed by atoms with van der Waals surface area (Å²) in [5.74, 6) is -0.432. The predicted molar refractivity (Wildman–Crippen MR) is 93.7 cm³/mol. The lowest BCUT2D eigenvalue weighted by Gasteiger charge is -2.16. The minimum absolute atomic E-state index is 0.0217. The summed E-state index contributed by atoms with van der Waals surface area (Å²) in [5, 5.41) is 3.51. The van der Waals surface area contributed by atoms with Crippen LogP contribution in [0.5, 0.6) is 0 Å². The maximum absolute atomic E-state index is 12.2. The van der Waals surface area contributed by atoms with E-state index in [2.05, 4.69) is 5.32 Å². The normalized spacial score (nSPS) is 10.7. The molecule has 0 saturated heterocycles. The minimum Gasteiger partial charge on any atom is -0.468 e. The lowest BCUT2D eigenvalue weighted by Crippen LogP contribution is -2.19. The molecule has 0 aliphatic carbocycles. The Kier molecular flexibility index (Phi) is 7.62. The SMILES string of the molecule is CCC(CC)OC(=O)c1cc(NC(=S)OC(C)C)ccc1Cl. The number of halogens is 1. The molecule has 0 heterocycles. The van der Waals surface area contributed by atoms with Gasteiger partial charge in [0.25, 0.3) is 5.17 Å². The number of esters is 1. The molecule has 0 unspecified atom stereocenters. The Morgan fingerprint density at radius 3 is 2.45 bits per heavy atom. The van der Waals surface area contributed by atoms with Crippen LogP contribution >= 0.6 is 23.8 Å². The number of nitrogens with one attached hydrogen (secondary N) is 1. The second-order valence-electron chi connectivity index (χ2n) is 5.12. The molecule has 0 aromatic heterocycles. The van der Waals surface area contributed by atoms with Crippen LogP contribution in [-0.2, 0) is 9.47 Å². The summed E-state index contributed by atoms with van der Waals surface area (Å²) in [4.78, 5) is 12.2. The molecular weight excluding hydrogens is 322 g/mol. The third-order valence-electron chi connectivity index (χ3n) is 2.96. The van der Waals surface area contributed by atoms with Crippen molar-refractivity contribution in [2.75, 3.05) is 5.32 Å². The molecule has 22 heavy (non-hydrogen) atoms. The summed E-state index contributed by atoms with van der Waals surface area (Å²) >= 11 is 11.2. The van der Waals surface area contributed by atoms with E-state index in [1.807, 2.05) is 27.7 Å². The van der Waals surface area contributed by atoms with Crippen LogP contribution in [0.15, 0.2) is 18.2 Å². The summed E-state index contributed by atoms with van der Waals surface area (Å²) in [6.07, 6.45) is 1.41. The number of anilines is 1. The van der Waals surface area contributed by atoms with E-state index in [9.17, 15) is 4.79 Å². The van der Waals surface area contributed by atoms with E-state index >= 15 is 0 Å². The molecule has 1 rings (SSSR count). The molecule has 0 fully saturated rings. The highest BCUT2D eigenvalue weighted by Crippen LogP contribution is 2.23. The first-order valence-electron chi connectivity index (χ1n) is 7.35. The lowest BCUT2D eigenvalue weighted by molar-refractivity contribution is 0.0284.